The fourth-order valence-corrected chi connectivity index (χ4v) is 3.39. The standard InChI is InChI=1S/C25H20N4O6/c1-16(25(31)34-2)35-22-13-12-19(29(32)33)14-18(22)15-26-28-23(17-8-4-3-5-9-17)27-21-11-7-6-10-20(21)24(28)30/h3-16H,1-2H3/t16-/m0/s1. The quantitative estimate of drug-likeness (QED) is 0.173. The Labute approximate surface area is 199 Å². The van der Waals surface area contributed by atoms with Crippen LogP contribution in [-0.4, -0.2) is 40.0 Å². The number of non-ortho nitro benzene ring substituents is 1. The Hall–Kier alpha value is -4.86. The van der Waals surface area contributed by atoms with Gasteiger partial charge in [0.25, 0.3) is 11.2 Å². The predicted octanol–water partition coefficient (Wildman–Crippen LogP) is 3.79. The van der Waals surface area contributed by atoms with Crippen LogP contribution in [0.1, 0.15) is 12.5 Å². The first-order valence-electron chi connectivity index (χ1n) is 10.5. The molecule has 4 aromatic rings. The summed E-state index contributed by atoms with van der Waals surface area (Å²) in [5.41, 5.74) is 0.726. The number of benzene rings is 3. The van der Waals surface area contributed by atoms with Gasteiger partial charge in [-0.15, -0.1) is 0 Å². The molecule has 0 N–H and O–H groups in total. The van der Waals surface area contributed by atoms with E-state index in [1.165, 1.54) is 38.4 Å². The first-order valence-corrected chi connectivity index (χ1v) is 10.5. The molecule has 35 heavy (non-hydrogen) atoms. The number of esters is 1. The Bertz CT molecular complexity index is 1500. The fraction of sp³-hybridized carbons (Fsp3) is 0.120. The number of hydrogen-bond donors (Lipinski definition) is 0. The molecule has 0 bridgehead atoms. The summed E-state index contributed by atoms with van der Waals surface area (Å²) in [7, 11) is 1.23. The first-order chi connectivity index (χ1) is 16.9. The van der Waals surface area contributed by atoms with E-state index in [4.69, 9.17) is 4.74 Å². The number of carbonyl (C=O) groups excluding carboxylic acids is 1. The second-order valence-electron chi connectivity index (χ2n) is 7.44. The highest BCUT2D eigenvalue weighted by molar-refractivity contribution is 5.86. The topological polar surface area (TPSA) is 126 Å². The van der Waals surface area contributed by atoms with E-state index in [-0.39, 0.29) is 17.0 Å². The van der Waals surface area contributed by atoms with Gasteiger partial charge in [0.1, 0.15) is 5.75 Å². The van der Waals surface area contributed by atoms with Crippen LogP contribution in [0.15, 0.2) is 82.7 Å². The second kappa shape index (κ2) is 9.96. The molecule has 0 spiro atoms. The zero-order valence-corrected chi connectivity index (χ0v) is 18.8. The molecule has 4 rings (SSSR count). The number of nitro benzene ring substituents is 1. The van der Waals surface area contributed by atoms with E-state index in [0.717, 1.165) is 4.68 Å². The van der Waals surface area contributed by atoms with Gasteiger partial charge >= 0.3 is 5.97 Å². The number of ether oxygens (including phenoxy) is 2. The molecule has 0 radical (unpaired) electrons. The average Bonchev–Trinajstić information content (AvgIpc) is 2.88. The molecule has 0 saturated carbocycles. The van der Waals surface area contributed by atoms with Crippen LogP contribution in [0.25, 0.3) is 22.3 Å². The van der Waals surface area contributed by atoms with Crippen LogP contribution in [0.5, 0.6) is 5.75 Å². The summed E-state index contributed by atoms with van der Waals surface area (Å²) in [5.74, 6) is -0.172. The SMILES string of the molecule is COC(=O)[C@H](C)Oc1ccc([N+](=O)[O-])cc1C=Nn1c(-c2ccccc2)nc2ccccc2c1=O. The molecule has 1 aromatic heterocycles. The van der Waals surface area contributed by atoms with Crippen molar-refractivity contribution >= 4 is 28.8 Å². The lowest BCUT2D eigenvalue weighted by atomic mass is 10.2. The highest BCUT2D eigenvalue weighted by Crippen LogP contribution is 2.25. The number of nitro groups is 1. The van der Waals surface area contributed by atoms with Gasteiger partial charge in [-0.3, -0.25) is 14.9 Å². The normalized spacial score (nSPS) is 11.9. The summed E-state index contributed by atoms with van der Waals surface area (Å²) >= 11 is 0. The van der Waals surface area contributed by atoms with Crippen molar-refractivity contribution < 1.29 is 19.2 Å². The molecule has 10 heteroatoms. The minimum Gasteiger partial charge on any atom is -0.478 e. The van der Waals surface area contributed by atoms with Crippen LogP contribution in [0.2, 0.25) is 0 Å². The molecule has 10 nitrogen and oxygen atoms in total. The van der Waals surface area contributed by atoms with E-state index in [0.29, 0.717) is 22.3 Å². The van der Waals surface area contributed by atoms with E-state index < -0.39 is 22.6 Å². The maximum absolute atomic E-state index is 13.3. The van der Waals surface area contributed by atoms with Gasteiger partial charge < -0.3 is 9.47 Å². The molecular formula is C25H20N4O6. The minimum absolute atomic E-state index is 0.153. The highest BCUT2D eigenvalue weighted by Gasteiger charge is 2.19. The third-order valence-corrected chi connectivity index (χ3v) is 5.14. The van der Waals surface area contributed by atoms with Gasteiger partial charge in [-0.25, -0.2) is 9.78 Å². The molecule has 0 aliphatic rings. The molecule has 0 amide bonds. The zero-order valence-electron chi connectivity index (χ0n) is 18.8. The summed E-state index contributed by atoms with van der Waals surface area (Å²) in [6, 6.07) is 19.8. The number of para-hydroxylation sites is 1. The lowest BCUT2D eigenvalue weighted by Crippen LogP contribution is -2.25. The summed E-state index contributed by atoms with van der Waals surface area (Å²) in [6.45, 7) is 1.49. The lowest BCUT2D eigenvalue weighted by molar-refractivity contribution is -0.384. The molecule has 1 atom stereocenters. The van der Waals surface area contributed by atoms with Crippen LogP contribution >= 0.6 is 0 Å². The first kappa shape index (κ1) is 23.3. The molecule has 3 aromatic carbocycles. The average molecular weight is 472 g/mol. The van der Waals surface area contributed by atoms with Crippen LogP contribution in [0.4, 0.5) is 5.69 Å². The Morgan fingerprint density at radius 3 is 2.54 bits per heavy atom. The van der Waals surface area contributed by atoms with Gasteiger partial charge in [0.15, 0.2) is 11.9 Å². The number of carbonyl (C=O) groups is 1. The molecule has 1 heterocycles. The lowest BCUT2D eigenvalue weighted by Gasteiger charge is -2.14. The van der Waals surface area contributed by atoms with Crippen molar-refractivity contribution in [2.75, 3.05) is 7.11 Å². The van der Waals surface area contributed by atoms with Crippen LogP contribution in [0.3, 0.4) is 0 Å². The largest absolute Gasteiger partial charge is 0.478 e. The van der Waals surface area contributed by atoms with Gasteiger partial charge in [-0.05, 0) is 25.1 Å². The number of nitrogens with zero attached hydrogens (tertiary/aromatic N) is 4. The second-order valence-corrected chi connectivity index (χ2v) is 7.44. The monoisotopic (exact) mass is 472 g/mol. The third kappa shape index (κ3) is 4.91. The van der Waals surface area contributed by atoms with E-state index >= 15 is 0 Å². The van der Waals surface area contributed by atoms with Gasteiger partial charge in [-0.1, -0.05) is 42.5 Å². The summed E-state index contributed by atoms with van der Waals surface area (Å²) in [5, 5.41) is 16.0. The van der Waals surface area contributed by atoms with E-state index in [2.05, 4.69) is 14.8 Å². The molecule has 0 fully saturated rings. The van der Waals surface area contributed by atoms with Crippen molar-refractivity contribution in [2.24, 2.45) is 5.10 Å². The molecular weight excluding hydrogens is 452 g/mol. The van der Waals surface area contributed by atoms with Crippen molar-refractivity contribution in [1.29, 1.82) is 0 Å². The Morgan fingerprint density at radius 1 is 1.11 bits per heavy atom. The van der Waals surface area contributed by atoms with Gasteiger partial charge in [0.2, 0.25) is 0 Å². The number of fused-ring (bicyclic) bond motifs is 1. The van der Waals surface area contributed by atoms with Gasteiger partial charge in [0, 0.05) is 23.3 Å². The smallest absolute Gasteiger partial charge is 0.346 e. The van der Waals surface area contributed by atoms with Crippen LogP contribution < -0.4 is 10.3 Å². The maximum atomic E-state index is 13.3. The van der Waals surface area contributed by atoms with Crippen molar-refractivity contribution in [2.45, 2.75) is 13.0 Å². The highest BCUT2D eigenvalue weighted by atomic mass is 16.6. The maximum Gasteiger partial charge on any atom is 0.346 e. The van der Waals surface area contributed by atoms with Crippen molar-refractivity contribution in [3.63, 3.8) is 0 Å². The van der Waals surface area contributed by atoms with Crippen molar-refractivity contribution in [1.82, 2.24) is 9.66 Å². The number of aromatic nitrogens is 2. The molecule has 0 aliphatic heterocycles. The zero-order chi connectivity index (χ0) is 24.9. The third-order valence-electron chi connectivity index (χ3n) is 5.14. The van der Waals surface area contributed by atoms with Gasteiger partial charge in [-0.2, -0.15) is 9.78 Å². The molecule has 0 aliphatic carbocycles. The van der Waals surface area contributed by atoms with Crippen LogP contribution in [0, 0.1) is 10.1 Å². The molecule has 0 unspecified atom stereocenters. The number of methoxy groups -OCH3 is 1. The fourth-order valence-electron chi connectivity index (χ4n) is 3.39. The summed E-state index contributed by atoms with van der Waals surface area (Å²) in [4.78, 5) is 40.5. The predicted molar refractivity (Wildman–Crippen MR) is 130 cm³/mol. The van der Waals surface area contributed by atoms with Gasteiger partial charge in [0.05, 0.1) is 29.2 Å². The molecule has 176 valence electrons. The van der Waals surface area contributed by atoms with Crippen molar-refractivity contribution in [3.8, 4) is 17.1 Å². The minimum atomic E-state index is -0.974. The van der Waals surface area contributed by atoms with E-state index in [9.17, 15) is 19.7 Å². The molecule has 0 saturated heterocycles. The Morgan fingerprint density at radius 2 is 1.83 bits per heavy atom. The van der Waals surface area contributed by atoms with E-state index in [1.807, 2.05) is 18.2 Å². The van der Waals surface area contributed by atoms with E-state index in [1.54, 1.807) is 36.4 Å². The Kier molecular flexibility index (Phi) is 6.63. The summed E-state index contributed by atoms with van der Waals surface area (Å²) in [6.07, 6.45) is 0.287. The van der Waals surface area contributed by atoms with Crippen molar-refractivity contribution in [3.05, 3.63) is 98.8 Å². The Balaban J connectivity index is 1.87. The number of rotatable bonds is 7. The van der Waals surface area contributed by atoms with Crippen LogP contribution in [-0.2, 0) is 9.53 Å². The number of hydrogen-bond acceptors (Lipinski definition) is 8. The summed E-state index contributed by atoms with van der Waals surface area (Å²) < 4.78 is 11.5.